The van der Waals surface area contributed by atoms with Gasteiger partial charge in [0.05, 0.1) is 12.8 Å². The molecule has 122 valence electrons. The molecule has 4 heterocycles. The Morgan fingerprint density at radius 1 is 1.30 bits per heavy atom. The molecule has 0 saturated carbocycles. The molecule has 2 saturated heterocycles. The highest BCUT2D eigenvalue weighted by molar-refractivity contribution is 5.49. The van der Waals surface area contributed by atoms with Crippen LogP contribution in [-0.2, 0) is 0 Å². The SMILES string of the molecule is CC[C@]1(CO)C[C@H]2CC[C@@H]1N2c1cc(-n2cc(C)cn2)ncn1. The Kier molecular flexibility index (Phi) is 3.37. The van der Waals surface area contributed by atoms with Crippen molar-refractivity contribution < 1.29 is 5.11 Å². The third-order valence-corrected chi connectivity index (χ3v) is 5.72. The number of hydrogen-bond acceptors (Lipinski definition) is 5. The average Bonchev–Trinajstić information content (AvgIpc) is 3.28. The Morgan fingerprint density at radius 3 is 2.78 bits per heavy atom. The van der Waals surface area contributed by atoms with Crippen molar-refractivity contribution in [2.75, 3.05) is 11.5 Å². The molecule has 0 unspecified atom stereocenters. The van der Waals surface area contributed by atoms with Crippen LogP contribution < -0.4 is 4.90 Å². The molecular weight excluding hydrogens is 290 g/mol. The van der Waals surface area contributed by atoms with Crippen LogP contribution >= 0.6 is 0 Å². The summed E-state index contributed by atoms with van der Waals surface area (Å²) < 4.78 is 1.79. The zero-order valence-electron chi connectivity index (χ0n) is 13.7. The van der Waals surface area contributed by atoms with E-state index in [1.54, 1.807) is 11.0 Å². The molecule has 2 aromatic heterocycles. The minimum Gasteiger partial charge on any atom is -0.396 e. The quantitative estimate of drug-likeness (QED) is 0.936. The third kappa shape index (κ3) is 2.16. The van der Waals surface area contributed by atoms with Gasteiger partial charge in [-0.2, -0.15) is 5.10 Å². The van der Waals surface area contributed by atoms with Gasteiger partial charge in [-0.05, 0) is 38.2 Å². The van der Waals surface area contributed by atoms with E-state index in [1.165, 1.54) is 6.42 Å². The highest BCUT2D eigenvalue weighted by Crippen LogP contribution is 2.52. The number of aromatic nitrogens is 4. The van der Waals surface area contributed by atoms with Gasteiger partial charge in [-0.3, -0.25) is 0 Å². The van der Waals surface area contributed by atoms with Gasteiger partial charge in [0.25, 0.3) is 0 Å². The van der Waals surface area contributed by atoms with E-state index in [-0.39, 0.29) is 12.0 Å². The molecule has 4 rings (SSSR count). The van der Waals surface area contributed by atoms with Crippen molar-refractivity contribution in [2.24, 2.45) is 5.41 Å². The van der Waals surface area contributed by atoms with Gasteiger partial charge in [0.15, 0.2) is 5.82 Å². The minimum absolute atomic E-state index is 0.0241. The first-order chi connectivity index (χ1) is 11.2. The first kappa shape index (κ1) is 14.6. The molecule has 0 amide bonds. The lowest BCUT2D eigenvalue weighted by Gasteiger charge is -2.35. The molecule has 2 fully saturated rings. The molecule has 1 N–H and O–H groups in total. The monoisotopic (exact) mass is 313 g/mol. The Balaban J connectivity index is 1.69. The molecule has 0 aromatic carbocycles. The van der Waals surface area contributed by atoms with Crippen LogP contribution in [0, 0.1) is 12.3 Å². The van der Waals surface area contributed by atoms with Gasteiger partial charge in [0.1, 0.15) is 12.1 Å². The zero-order valence-corrected chi connectivity index (χ0v) is 13.7. The molecule has 0 radical (unpaired) electrons. The van der Waals surface area contributed by atoms with Crippen molar-refractivity contribution >= 4 is 5.82 Å². The Hall–Kier alpha value is -1.95. The summed E-state index contributed by atoms with van der Waals surface area (Å²) in [6, 6.07) is 2.87. The Bertz CT molecular complexity index is 709. The topological polar surface area (TPSA) is 67.1 Å². The summed E-state index contributed by atoms with van der Waals surface area (Å²) in [6.07, 6.45) is 9.81. The molecule has 3 atom stereocenters. The number of nitrogens with zero attached hydrogens (tertiary/aromatic N) is 5. The number of aliphatic hydroxyl groups excluding tert-OH is 1. The van der Waals surface area contributed by atoms with E-state index in [0.29, 0.717) is 12.1 Å². The van der Waals surface area contributed by atoms with Gasteiger partial charge in [-0.1, -0.05) is 6.92 Å². The van der Waals surface area contributed by atoms with Crippen LogP contribution in [0.2, 0.25) is 0 Å². The summed E-state index contributed by atoms with van der Waals surface area (Å²) in [5.74, 6) is 1.75. The molecule has 0 aliphatic carbocycles. The Labute approximate surface area is 136 Å². The first-order valence-corrected chi connectivity index (χ1v) is 8.40. The summed E-state index contributed by atoms with van der Waals surface area (Å²) in [7, 11) is 0. The fourth-order valence-corrected chi connectivity index (χ4v) is 4.44. The molecule has 23 heavy (non-hydrogen) atoms. The molecule has 2 aliphatic rings. The number of rotatable bonds is 4. The number of aryl methyl sites for hydroxylation is 1. The highest BCUT2D eigenvalue weighted by Gasteiger charge is 2.55. The average molecular weight is 313 g/mol. The molecule has 2 aliphatic heterocycles. The van der Waals surface area contributed by atoms with Crippen LogP contribution in [0.5, 0.6) is 0 Å². The predicted molar refractivity (Wildman–Crippen MR) is 87.6 cm³/mol. The predicted octanol–water partition coefficient (Wildman–Crippen LogP) is 2.10. The molecule has 6 nitrogen and oxygen atoms in total. The summed E-state index contributed by atoms with van der Waals surface area (Å²) >= 11 is 0. The molecule has 0 spiro atoms. The maximum absolute atomic E-state index is 9.97. The summed E-state index contributed by atoms with van der Waals surface area (Å²) in [6.45, 7) is 4.47. The maximum atomic E-state index is 9.97. The van der Waals surface area contributed by atoms with E-state index < -0.39 is 0 Å². The number of fused-ring (bicyclic) bond motifs is 2. The molecule has 6 heteroatoms. The fourth-order valence-electron chi connectivity index (χ4n) is 4.44. The van der Waals surface area contributed by atoms with Crippen LogP contribution in [0.3, 0.4) is 0 Å². The number of anilines is 1. The van der Waals surface area contributed by atoms with Gasteiger partial charge >= 0.3 is 0 Å². The standard InChI is InChI=1S/C17H23N5O/c1-3-17(10-23)7-13-4-5-14(17)22(13)16-6-15(18-11-19-16)21-9-12(2)8-20-21/h6,8-9,11,13-14,23H,3-5,7,10H2,1-2H3/t13-,14+,17-/m1/s1. The van der Waals surface area contributed by atoms with E-state index in [1.807, 2.05) is 25.4 Å². The van der Waals surface area contributed by atoms with Crippen molar-refractivity contribution in [1.29, 1.82) is 0 Å². The van der Waals surface area contributed by atoms with Gasteiger partial charge in [0, 0.05) is 29.8 Å². The normalized spacial score (nSPS) is 29.4. The van der Waals surface area contributed by atoms with Crippen molar-refractivity contribution in [1.82, 2.24) is 19.7 Å². The smallest absolute Gasteiger partial charge is 0.158 e. The van der Waals surface area contributed by atoms with Crippen LogP contribution in [0.4, 0.5) is 5.82 Å². The van der Waals surface area contributed by atoms with Gasteiger partial charge < -0.3 is 10.0 Å². The van der Waals surface area contributed by atoms with Crippen LogP contribution in [-0.4, -0.2) is 43.5 Å². The second-order valence-electron chi connectivity index (χ2n) is 6.93. The van der Waals surface area contributed by atoms with Gasteiger partial charge in [0.2, 0.25) is 0 Å². The van der Waals surface area contributed by atoms with Gasteiger partial charge in [-0.15, -0.1) is 0 Å². The van der Waals surface area contributed by atoms with Crippen molar-refractivity contribution in [3.05, 3.63) is 30.4 Å². The van der Waals surface area contributed by atoms with E-state index in [4.69, 9.17) is 0 Å². The maximum Gasteiger partial charge on any atom is 0.158 e. The lowest BCUT2D eigenvalue weighted by molar-refractivity contribution is 0.0944. The number of aliphatic hydroxyl groups is 1. The largest absolute Gasteiger partial charge is 0.396 e. The molecule has 2 bridgehead atoms. The third-order valence-electron chi connectivity index (χ3n) is 5.72. The van der Waals surface area contributed by atoms with E-state index in [2.05, 4.69) is 26.9 Å². The fraction of sp³-hybridized carbons (Fsp3) is 0.588. The molecule has 2 aromatic rings. The Morgan fingerprint density at radius 2 is 2.13 bits per heavy atom. The van der Waals surface area contributed by atoms with Crippen LogP contribution in [0.1, 0.15) is 38.2 Å². The van der Waals surface area contributed by atoms with E-state index in [0.717, 1.165) is 36.5 Å². The highest BCUT2D eigenvalue weighted by atomic mass is 16.3. The van der Waals surface area contributed by atoms with Gasteiger partial charge in [-0.25, -0.2) is 14.6 Å². The first-order valence-electron chi connectivity index (χ1n) is 8.40. The second-order valence-corrected chi connectivity index (χ2v) is 6.93. The van der Waals surface area contributed by atoms with Crippen molar-refractivity contribution in [2.45, 2.75) is 51.6 Å². The summed E-state index contributed by atoms with van der Waals surface area (Å²) in [4.78, 5) is 11.3. The lowest BCUT2D eigenvalue weighted by atomic mass is 9.72. The zero-order chi connectivity index (χ0) is 16.0. The molecular formula is C17H23N5O. The van der Waals surface area contributed by atoms with Crippen molar-refractivity contribution in [3.8, 4) is 5.82 Å². The van der Waals surface area contributed by atoms with Crippen LogP contribution in [0.15, 0.2) is 24.8 Å². The second kappa shape index (κ2) is 5.30. The van der Waals surface area contributed by atoms with Crippen molar-refractivity contribution in [3.63, 3.8) is 0 Å². The summed E-state index contributed by atoms with van der Waals surface area (Å²) in [5.41, 5.74) is 1.13. The minimum atomic E-state index is 0.0241. The summed E-state index contributed by atoms with van der Waals surface area (Å²) in [5, 5.41) is 14.3. The van der Waals surface area contributed by atoms with E-state index in [9.17, 15) is 5.11 Å². The number of hydrogen-bond donors (Lipinski definition) is 1. The lowest BCUT2D eigenvalue weighted by Crippen LogP contribution is -2.40. The van der Waals surface area contributed by atoms with E-state index >= 15 is 0 Å². The van der Waals surface area contributed by atoms with Crippen LogP contribution in [0.25, 0.3) is 5.82 Å².